The predicted octanol–water partition coefficient (Wildman–Crippen LogP) is 2.60. The molecule has 0 fully saturated rings. The predicted molar refractivity (Wildman–Crippen MR) is 98.4 cm³/mol. The van der Waals surface area contributed by atoms with Crippen LogP contribution in [-0.2, 0) is 20.4 Å². The molecule has 0 aliphatic rings. The average molecular weight is 364 g/mol. The number of phenolic OH excluding ortho intramolecular Hbond substituents is 1. The lowest BCUT2D eigenvalue weighted by atomic mass is 9.78. The SMILES string of the molecule is CNC(=O)NC(=O)COC(=O)c1cc(C(C)(C)C)c(O)c(C(C)(C)C)c1. The fourth-order valence-corrected chi connectivity index (χ4v) is 2.34. The van der Waals surface area contributed by atoms with Gasteiger partial charge >= 0.3 is 12.0 Å². The van der Waals surface area contributed by atoms with Crippen LogP contribution in [-0.4, -0.2) is 36.7 Å². The third-order valence-corrected chi connectivity index (χ3v) is 3.78. The number of nitrogens with one attached hydrogen (secondary N) is 2. The van der Waals surface area contributed by atoms with Gasteiger partial charge in [-0.2, -0.15) is 0 Å². The van der Waals surface area contributed by atoms with Gasteiger partial charge in [0.25, 0.3) is 5.91 Å². The number of benzene rings is 1. The lowest BCUT2D eigenvalue weighted by Crippen LogP contribution is -2.39. The molecule has 144 valence electrons. The van der Waals surface area contributed by atoms with E-state index in [4.69, 9.17) is 4.74 Å². The maximum atomic E-state index is 12.4. The van der Waals surface area contributed by atoms with E-state index < -0.39 is 35.3 Å². The van der Waals surface area contributed by atoms with Crippen LogP contribution < -0.4 is 10.6 Å². The molecule has 1 aromatic rings. The van der Waals surface area contributed by atoms with Gasteiger partial charge in [-0.3, -0.25) is 10.1 Å². The van der Waals surface area contributed by atoms with Gasteiger partial charge < -0.3 is 15.2 Å². The van der Waals surface area contributed by atoms with Crippen LogP contribution in [0.4, 0.5) is 4.79 Å². The van der Waals surface area contributed by atoms with E-state index in [-0.39, 0.29) is 11.3 Å². The van der Waals surface area contributed by atoms with Gasteiger partial charge in [0, 0.05) is 18.2 Å². The van der Waals surface area contributed by atoms with Gasteiger partial charge in [0.1, 0.15) is 5.75 Å². The summed E-state index contributed by atoms with van der Waals surface area (Å²) in [5.74, 6) is -1.28. The second kappa shape index (κ2) is 7.76. The number of rotatable bonds is 3. The van der Waals surface area contributed by atoms with E-state index in [0.717, 1.165) is 0 Å². The van der Waals surface area contributed by atoms with E-state index in [1.54, 1.807) is 12.1 Å². The summed E-state index contributed by atoms with van der Waals surface area (Å²) in [6.45, 7) is 11.0. The molecule has 1 aromatic carbocycles. The molecule has 0 spiro atoms. The summed E-state index contributed by atoms with van der Waals surface area (Å²) in [5.41, 5.74) is 0.692. The Balaban J connectivity index is 3.14. The Morgan fingerprint density at radius 2 is 1.46 bits per heavy atom. The van der Waals surface area contributed by atoms with Crippen LogP contribution in [0.25, 0.3) is 0 Å². The number of hydrogen-bond donors (Lipinski definition) is 3. The Hall–Kier alpha value is -2.57. The first-order chi connectivity index (χ1) is 11.8. The number of phenols is 1. The fraction of sp³-hybridized carbons (Fsp3) is 0.526. The second-order valence-electron chi connectivity index (χ2n) is 8.12. The molecular formula is C19H28N2O5. The molecule has 3 amide bonds. The van der Waals surface area contributed by atoms with E-state index in [0.29, 0.717) is 11.1 Å². The van der Waals surface area contributed by atoms with Crippen molar-refractivity contribution < 1.29 is 24.2 Å². The van der Waals surface area contributed by atoms with Crippen molar-refractivity contribution in [1.82, 2.24) is 10.6 Å². The van der Waals surface area contributed by atoms with Gasteiger partial charge in [0.2, 0.25) is 0 Å². The largest absolute Gasteiger partial charge is 0.507 e. The van der Waals surface area contributed by atoms with Gasteiger partial charge in [-0.15, -0.1) is 0 Å². The Labute approximate surface area is 154 Å². The summed E-state index contributed by atoms with van der Waals surface area (Å²) < 4.78 is 5.00. The van der Waals surface area contributed by atoms with Crippen LogP contribution in [0.2, 0.25) is 0 Å². The highest BCUT2D eigenvalue weighted by molar-refractivity contribution is 5.97. The van der Waals surface area contributed by atoms with Crippen molar-refractivity contribution in [1.29, 1.82) is 0 Å². The first kappa shape index (κ1) is 21.5. The zero-order valence-corrected chi connectivity index (χ0v) is 16.4. The van der Waals surface area contributed by atoms with Gasteiger partial charge in [-0.25, -0.2) is 9.59 Å². The maximum Gasteiger partial charge on any atom is 0.338 e. The lowest BCUT2D eigenvalue weighted by Gasteiger charge is -2.27. The molecule has 26 heavy (non-hydrogen) atoms. The van der Waals surface area contributed by atoms with Crippen LogP contribution in [0.3, 0.4) is 0 Å². The van der Waals surface area contributed by atoms with Gasteiger partial charge in [0.05, 0.1) is 5.56 Å². The van der Waals surface area contributed by atoms with Gasteiger partial charge in [-0.05, 0) is 23.0 Å². The number of urea groups is 1. The minimum atomic E-state index is -0.733. The number of hydrogen-bond acceptors (Lipinski definition) is 5. The molecule has 0 unspecified atom stereocenters. The molecule has 0 atom stereocenters. The quantitative estimate of drug-likeness (QED) is 0.715. The zero-order chi connectivity index (χ0) is 20.3. The van der Waals surface area contributed by atoms with Crippen LogP contribution in [0.15, 0.2) is 12.1 Å². The van der Waals surface area contributed by atoms with Crippen LogP contribution >= 0.6 is 0 Å². The number of amides is 3. The van der Waals surface area contributed by atoms with Crippen molar-refractivity contribution in [3.05, 3.63) is 28.8 Å². The molecule has 0 heterocycles. The van der Waals surface area contributed by atoms with Crippen LogP contribution in [0.1, 0.15) is 63.0 Å². The fourth-order valence-electron chi connectivity index (χ4n) is 2.34. The molecular weight excluding hydrogens is 336 g/mol. The van der Waals surface area contributed by atoms with Gasteiger partial charge in [0.15, 0.2) is 6.61 Å². The summed E-state index contributed by atoms with van der Waals surface area (Å²) in [4.78, 5) is 35.0. The van der Waals surface area contributed by atoms with Crippen molar-refractivity contribution in [2.45, 2.75) is 52.4 Å². The van der Waals surface area contributed by atoms with Crippen molar-refractivity contribution in [2.24, 2.45) is 0 Å². The summed E-state index contributed by atoms with van der Waals surface area (Å²) in [6.07, 6.45) is 0. The first-order valence-electron chi connectivity index (χ1n) is 8.34. The number of aromatic hydroxyl groups is 1. The zero-order valence-electron chi connectivity index (χ0n) is 16.4. The third-order valence-electron chi connectivity index (χ3n) is 3.78. The van der Waals surface area contributed by atoms with Crippen LogP contribution in [0, 0.1) is 0 Å². The topological polar surface area (TPSA) is 105 Å². The maximum absolute atomic E-state index is 12.4. The Bertz CT molecular complexity index is 677. The van der Waals surface area contributed by atoms with Gasteiger partial charge in [-0.1, -0.05) is 41.5 Å². The minimum Gasteiger partial charge on any atom is -0.507 e. The highest BCUT2D eigenvalue weighted by Gasteiger charge is 2.28. The minimum absolute atomic E-state index is 0.152. The normalized spacial score (nSPS) is 11.7. The molecule has 0 bridgehead atoms. The third kappa shape index (κ3) is 5.47. The summed E-state index contributed by atoms with van der Waals surface area (Å²) in [7, 11) is 1.37. The lowest BCUT2D eigenvalue weighted by molar-refractivity contribution is -0.123. The molecule has 7 heteroatoms. The number of ether oxygens (including phenoxy) is 1. The molecule has 3 N–H and O–H groups in total. The number of carbonyl (C=O) groups excluding carboxylic acids is 3. The molecule has 0 aliphatic carbocycles. The first-order valence-corrected chi connectivity index (χ1v) is 8.34. The average Bonchev–Trinajstić information content (AvgIpc) is 2.50. The van der Waals surface area contributed by atoms with Crippen molar-refractivity contribution in [2.75, 3.05) is 13.7 Å². The highest BCUT2D eigenvalue weighted by atomic mass is 16.5. The Morgan fingerprint density at radius 1 is 1.00 bits per heavy atom. The smallest absolute Gasteiger partial charge is 0.338 e. The highest BCUT2D eigenvalue weighted by Crippen LogP contribution is 2.39. The second-order valence-corrected chi connectivity index (χ2v) is 8.12. The molecule has 1 rings (SSSR count). The monoisotopic (exact) mass is 364 g/mol. The molecule has 0 saturated heterocycles. The molecule has 7 nitrogen and oxygen atoms in total. The number of esters is 1. The van der Waals surface area contributed by atoms with Crippen LogP contribution in [0.5, 0.6) is 5.75 Å². The Kier molecular flexibility index (Phi) is 6.41. The summed E-state index contributed by atoms with van der Waals surface area (Å²) in [6, 6.07) is 2.47. The van der Waals surface area contributed by atoms with Crippen molar-refractivity contribution >= 4 is 17.9 Å². The molecule has 0 aliphatic heterocycles. The molecule has 0 aromatic heterocycles. The van der Waals surface area contributed by atoms with E-state index in [1.165, 1.54) is 7.05 Å². The number of imide groups is 1. The molecule has 0 saturated carbocycles. The summed E-state index contributed by atoms with van der Waals surface area (Å²) in [5, 5.41) is 14.9. The Morgan fingerprint density at radius 3 is 1.85 bits per heavy atom. The van der Waals surface area contributed by atoms with E-state index in [2.05, 4.69) is 5.32 Å². The van der Waals surface area contributed by atoms with E-state index in [1.807, 2.05) is 46.9 Å². The molecule has 0 radical (unpaired) electrons. The number of carbonyl (C=O) groups is 3. The summed E-state index contributed by atoms with van der Waals surface area (Å²) >= 11 is 0. The van der Waals surface area contributed by atoms with Crippen molar-refractivity contribution in [3.63, 3.8) is 0 Å². The van der Waals surface area contributed by atoms with Crippen molar-refractivity contribution in [3.8, 4) is 5.75 Å². The van der Waals surface area contributed by atoms with E-state index in [9.17, 15) is 19.5 Å². The van der Waals surface area contributed by atoms with E-state index >= 15 is 0 Å². The standard InChI is InChI=1S/C19H28N2O5/c1-18(2,3)12-8-11(9-13(15(12)23)19(4,5)6)16(24)26-10-14(22)21-17(25)20-7/h8-9,23H,10H2,1-7H3,(H2,20,21,22,25).